The molecular formula is C12H14N8. The van der Waals surface area contributed by atoms with Crippen LogP contribution >= 0.6 is 0 Å². The van der Waals surface area contributed by atoms with Crippen LogP contribution in [-0.2, 0) is 6.54 Å². The van der Waals surface area contributed by atoms with Crippen molar-refractivity contribution in [3.8, 4) is 5.82 Å². The van der Waals surface area contributed by atoms with Crippen LogP contribution in [0.4, 0.5) is 5.95 Å². The third-order valence-electron chi connectivity index (χ3n) is 2.63. The van der Waals surface area contributed by atoms with E-state index in [9.17, 15) is 0 Å². The second-order valence-electron chi connectivity index (χ2n) is 4.33. The van der Waals surface area contributed by atoms with Crippen molar-refractivity contribution in [2.75, 3.05) is 5.32 Å². The summed E-state index contributed by atoms with van der Waals surface area (Å²) >= 11 is 0. The number of hydrogen-bond acceptors (Lipinski definition) is 6. The quantitative estimate of drug-likeness (QED) is 0.734. The number of hydrogen-bond donors (Lipinski definition) is 2. The van der Waals surface area contributed by atoms with Crippen LogP contribution in [0.25, 0.3) is 5.82 Å². The van der Waals surface area contributed by atoms with Gasteiger partial charge in [0, 0.05) is 24.2 Å². The molecule has 3 rings (SSSR count). The third-order valence-corrected chi connectivity index (χ3v) is 2.63. The first-order chi connectivity index (χ1) is 9.70. The Morgan fingerprint density at radius 1 is 1.25 bits per heavy atom. The van der Waals surface area contributed by atoms with Crippen molar-refractivity contribution in [2.24, 2.45) is 0 Å². The topological polar surface area (TPSA) is 97.2 Å². The first-order valence-electron chi connectivity index (χ1n) is 6.18. The molecular weight excluding hydrogens is 256 g/mol. The van der Waals surface area contributed by atoms with Crippen molar-refractivity contribution in [1.29, 1.82) is 0 Å². The predicted molar refractivity (Wildman–Crippen MR) is 72.3 cm³/mol. The first-order valence-corrected chi connectivity index (χ1v) is 6.18. The lowest BCUT2D eigenvalue weighted by Crippen LogP contribution is -2.08. The fraction of sp³-hybridized carbons (Fsp3) is 0.250. The molecule has 0 fully saturated rings. The van der Waals surface area contributed by atoms with E-state index in [1.54, 1.807) is 10.9 Å². The highest BCUT2D eigenvalue weighted by molar-refractivity contribution is 5.34. The molecule has 0 radical (unpaired) electrons. The zero-order valence-corrected chi connectivity index (χ0v) is 11.2. The number of H-pyrrole nitrogens is 1. The summed E-state index contributed by atoms with van der Waals surface area (Å²) < 4.78 is 1.69. The Bertz CT molecular complexity index is 700. The van der Waals surface area contributed by atoms with Gasteiger partial charge in [-0.1, -0.05) is 0 Å². The molecule has 0 atom stereocenters. The monoisotopic (exact) mass is 270 g/mol. The molecule has 8 heteroatoms. The van der Waals surface area contributed by atoms with Gasteiger partial charge in [-0.3, -0.25) is 5.10 Å². The fourth-order valence-corrected chi connectivity index (χ4v) is 1.78. The molecule has 3 aromatic rings. The van der Waals surface area contributed by atoms with E-state index < -0.39 is 0 Å². The highest BCUT2D eigenvalue weighted by Gasteiger charge is 2.05. The maximum Gasteiger partial charge on any atom is 0.225 e. The fourth-order valence-electron chi connectivity index (χ4n) is 1.78. The minimum absolute atomic E-state index is 0.465. The summed E-state index contributed by atoms with van der Waals surface area (Å²) in [6, 6.07) is 3.72. The lowest BCUT2D eigenvalue weighted by atomic mass is 10.4. The number of aromatic nitrogens is 7. The Balaban J connectivity index is 1.79. The molecule has 3 heterocycles. The molecule has 0 aliphatic rings. The first kappa shape index (κ1) is 12.3. The number of anilines is 1. The predicted octanol–water partition coefficient (Wildman–Crippen LogP) is 1.01. The largest absolute Gasteiger partial charge is 0.347 e. The Kier molecular flexibility index (Phi) is 3.12. The van der Waals surface area contributed by atoms with Crippen LogP contribution in [0, 0.1) is 13.8 Å². The summed E-state index contributed by atoms with van der Waals surface area (Å²) in [7, 11) is 0. The van der Waals surface area contributed by atoms with Crippen molar-refractivity contribution < 1.29 is 0 Å². The normalized spacial score (nSPS) is 10.7. The maximum absolute atomic E-state index is 4.41. The van der Waals surface area contributed by atoms with E-state index in [1.165, 1.54) is 0 Å². The van der Waals surface area contributed by atoms with Crippen LogP contribution < -0.4 is 5.32 Å². The van der Waals surface area contributed by atoms with E-state index in [0.29, 0.717) is 18.3 Å². The van der Waals surface area contributed by atoms with Crippen molar-refractivity contribution in [3.63, 3.8) is 0 Å². The van der Waals surface area contributed by atoms with Gasteiger partial charge in [-0.15, -0.1) is 0 Å². The average molecular weight is 270 g/mol. The number of aromatic amines is 1. The van der Waals surface area contributed by atoms with E-state index in [4.69, 9.17) is 0 Å². The zero-order valence-electron chi connectivity index (χ0n) is 11.2. The molecule has 0 spiro atoms. The molecule has 2 N–H and O–H groups in total. The lowest BCUT2D eigenvalue weighted by molar-refractivity contribution is 0.831. The van der Waals surface area contributed by atoms with Crippen LogP contribution in [0.15, 0.2) is 24.5 Å². The molecule has 8 nitrogen and oxygen atoms in total. The summed E-state index contributed by atoms with van der Waals surface area (Å²) in [4.78, 5) is 13.0. The van der Waals surface area contributed by atoms with Gasteiger partial charge in [0.1, 0.15) is 5.82 Å². The van der Waals surface area contributed by atoms with E-state index in [1.807, 2.05) is 32.2 Å². The molecule has 0 unspecified atom stereocenters. The smallest absolute Gasteiger partial charge is 0.225 e. The Morgan fingerprint density at radius 3 is 2.85 bits per heavy atom. The minimum atomic E-state index is 0.465. The van der Waals surface area contributed by atoms with E-state index in [2.05, 4.69) is 35.6 Å². The van der Waals surface area contributed by atoms with E-state index in [-0.39, 0.29) is 0 Å². The number of nitrogens with one attached hydrogen (secondary N) is 2. The average Bonchev–Trinajstić information content (AvgIpc) is 3.07. The number of nitrogens with zero attached hydrogens (tertiary/aromatic N) is 6. The van der Waals surface area contributed by atoms with Crippen LogP contribution in [0.2, 0.25) is 0 Å². The van der Waals surface area contributed by atoms with Crippen LogP contribution in [0.5, 0.6) is 0 Å². The molecule has 102 valence electrons. The second-order valence-corrected chi connectivity index (χ2v) is 4.33. The molecule has 0 bridgehead atoms. The molecule has 20 heavy (non-hydrogen) atoms. The van der Waals surface area contributed by atoms with Crippen molar-refractivity contribution in [2.45, 2.75) is 20.4 Å². The van der Waals surface area contributed by atoms with Gasteiger partial charge in [0.15, 0.2) is 11.6 Å². The highest BCUT2D eigenvalue weighted by Crippen LogP contribution is 2.09. The minimum Gasteiger partial charge on any atom is -0.347 e. The lowest BCUT2D eigenvalue weighted by Gasteiger charge is -2.06. The number of aryl methyl sites for hydroxylation is 2. The Labute approximate surface area is 115 Å². The molecule has 0 aromatic carbocycles. The molecule has 0 saturated carbocycles. The van der Waals surface area contributed by atoms with Gasteiger partial charge in [0.2, 0.25) is 5.95 Å². The summed E-state index contributed by atoms with van der Waals surface area (Å²) in [6.07, 6.45) is 3.55. The van der Waals surface area contributed by atoms with Crippen molar-refractivity contribution in [1.82, 2.24) is 34.9 Å². The van der Waals surface area contributed by atoms with Gasteiger partial charge in [0.05, 0.1) is 6.54 Å². The van der Waals surface area contributed by atoms with E-state index >= 15 is 0 Å². The molecule has 0 amide bonds. The zero-order chi connectivity index (χ0) is 13.9. The van der Waals surface area contributed by atoms with Crippen molar-refractivity contribution >= 4 is 5.95 Å². The standard InChI is InChI=1S/C12H14N8/c1-8-6-11(20-5-3-4-14-20)17-12(15-8)13-7-10-16-9(2)18-19-10/h3-6H,7H2,1-2H3,(H,13,15,17)(H,16,18,19). The molecule has 0 aliphatic carbocycles. The molecule has 0 saturated heterocycles. The maximum atomic E-state index is 4.41. The van der Waals surface area contributed by atoms with Gasteiger partial charge in [-0.25, -0.2) is 14.6 Å². The SMILES string of the molecule is Cc1cc(-n2cccn2)nc(NCc2n[nH]c(C)n2)n1. The van der Waals surface area contributed by atoms with Gasteiger partial charge in [-0.2, -0.15) is 15.2 Å². The van der Waals surface area contributed by atoms with Crippen LogP contribution in [0.1, 0.15) is 17.3 Å². The van der Waals surface area contributed by atoms with Crippen molar-refractivity contribution in [3.05, 3.63) is 41.9 Å². The van der Waals surface area contributed by atoms with Crippen LogP contribution in [0.3, 0.4) is 0 Å². The highest BCUT2D eigenvalue weighted by atomic mass is 15.3. The summed E-state index contributed by atoms with van der Waals surface area (Å²) in [5.41, 5.74) is 0.860. The summed E-state index contributed by atoms with van der Waals surface area (Å²) in [5, 5.41) is 14.1. The number of rotatable bonds is 4. The van der Waals surface area contributed by atoms with Gasteiger partial charge in [0.25, 0.3) is 0 Å². The Morgan fingerprint density at radius 2 is 2.15 bits per heavy atom. The summed E-state index contributed by atoms with van der Waals surface area (Å²) in [6.45, 7) is 4.23. The third kappa shape index (κ3) is 2.63. The second kappa shape index (κ2) is 5.08. The van der Waals surface area contributed by atoms with Gasteiger partial charge in [-0.05, 0) is 19.9 Å². The molecule has 3 aromatic heterocycles. The van der Waals surface area contributed by atoms with Crippen LogP contribution in [-0.4, -0.2) is 34.9 Å². The van der Waals surface area contributed by atoms with E-state index in [0.717, 1.165) is 17.3 Å². The molecule has 0 aliphatic heterocycles. The Hall–Kier alpha value is -2.77. The van der Waals surface area contributed by atoms with Gasteiger partial charge >= 0.3 is 0 Å². The van der Waals surface area contributed by atoms with Gasteiger partial charge < -0.3 is 5.32 Å². The summed E-state index contributed by atoms with van der Waals surface area (Å²) in [5.74, 6) is 2.70.